The highest BCUT2D eigenvalue weighted by atomic mass is 15.3. The van der Waals surface area contributed by atoms with Gasteiger partial charge in [0.1, 0.15) is 5.82 Å². The maximum absolute atomic E-state index is 5.68. The molecule has 0 atom stereocenters. The number of piperazine rings is 1. The smallest absolute Gasteiger partial charge is 0.129 e. The van der Waals surface area contributed by atoms with E-state index in [1.165, 1.54) is 5.56 Å². The van der Waals surface area contributed by atoms with Gasteiger partial charge < -0.3 is 15.5 Å². The van der Waals surface area contributed by atoms with Crippen LogP contribution >= 0.6 is 0 Å². The molecule has 1 aliphatic rings. The van der Waals surface area contributed by atoms with E-state index >= 15 is 0 Å². The average Bonchev–Trinajstić information content (AvgIpc) is 2.29. The Morgan fingerprint density at radius 2 is 1.94 bits per heavy atom. The Morgan fingerprint density at radius 1 is 1.25 bits per heavy atom. The monoisotopic (exact) mass is 220 g/mol. The molecule has 4 nitrogen and oxygen atoms in total. The summed E-state index contributed by atoms with van der Waals surface area (Å²) >= 11 is 0. The summed E-state index contributed by atoms with van der Waals surface area (Å²) in [6.07, 6.45) is 0. The first kappa shape index (κ1) is 11.4. The normalized spacial score (nSPS) is 17.8. The Morgan fingerprint density at radius 3 is 2.56 bits per heavy atom. The Hall–Kier alpha value is -1.13. The number of aromatic nitrogens is 1. The minimum absolute atomic E-state index is 0.587. The molecular formula is C12H20N4. The fourth-order valence-electron chi connectivity index (χ4n) is 2.04. The third-order valence-corrected chi connectivity index (χ3v) is 3.06. The molecule has 2 heterocycles. The van der Waals surface area contributed by atoms with Gasteiger partial charge in [-0.2, -0.15) is 0 Å². The molecule has 0 saturated carbocycles. The van der Waals surface area contributed by atoms with Gasteiger partial charge in [-0.05, 0) is 31.7 Å². The van der Waals surface area contributed by atoms with Gasteiger partial charge in [-0.1, -0.05) is 0 Å². The summed E-state index contributed by atoms with van der Waals surface area (Å²) in [5.41, 5.74) is 7.91. The Balaban J connectivity index is 2.16. The highest BCUT2D eigenvalue weighted by Gasteiger charge is 2.15. The topological polar surface area (TPSA) is 45.4 Å². The number of rotatable bonds is 2. The molecule has 0 amide bonds. The van der Waals surface area contributed by atoms with Crippen molar-refractivity contribution in [2.75, 3.05) is 38.1 Å². The molecule has 0 spiro atoms. The van der Waals surface area contributed by atoms with E-state index in [9.17, 15) is 0 Å². The Labute approximate surface area is 97.1 Å². The molecule has 0 aromatic carbocycles. The molecule has 2 rings (SSSR count). The first-order chi connectivity index (χ1) is 7.69. The van der Waals surface area contributed by atoms with Crippen LogP contribution in [-0.4, -0.2) is 43.1 Å². The molecule has 1 fully saturated rings. The van der Waals surface area contributed by atoms with Crippen molar-refractivity contribution in [3.8, 4) is 0 Å². The second kappa shape index (κ2) is 4.80. The molecule has 1 aromatic heterocycles. The second-order valence-electron chi connectivity index (χ2n) is 4.47. The third kappa shape index (κ3) is 2.51. The van der Waals surface area contributed by atoms with Crippen molar-refractivity contribution < 1.29 is 0 Å². The van der Waals surface area contributed by atoms with Crippen LogP contribution in [0.25, 0.3) is 0 Å². The van der Waals surface area contributed by atoms with Gasteiger partial charge in [0, 0.05) is 38.4 Å². The van der Waals surface area contributed by atoms with E-state index in [2.05, 4.69) is 34.0 Å². The number of hydrogen-bond donors (Lipinski definition) is 1. The zero-order valence-corrected chi connectivity index (χ0v) is 10.1. The van der Waals surface area contributed by atoms with E-state index in [1.54, 1.807) is 0 Å². The van der Waals surface area contributed by atoms with E-state index < -0.39 is 0 Å². The van der Waals surface area contributed by atoms with Crippen LogP contribution in [-0.2, 0) is 6.54 Å². The molecule has 4 heteroatoms. The molecule has 0 unspecified atom stereocenters. The first-order valence-electron chi connectivity index (χ1n) is 5.80. The maximum atomic E-state index is 5.68. The fourth-order valence-corrected chi connectivity index (χ4v) is 2.04. The van der Waals surface area contributed by atoms with Crippen molar-refractivity contribution in [1.82, 2.24) is 9.88 Å². The standard InChI is InChI=1S/C12H20N4/c1-10-7-11(9-13)8-12(14-10)16-5-3-15(2)4-6-16/h7-8H,3-6,9,13H2,1-2H3. The summed E-state index contributed by atoms with van der Waals surface area (Å²) in [6, 6.07) is 4.16. The van der Waals surface area contributed by atoms with Gasteiger partial charge in [0.05, 0.1) is 0 Å². The van der Waals surface area contributed by atoms with Crippen LogP contribution in [0.4, 0.5) is 5.82 Å². The van der Waals surface area contributed by atoms with Crippen LogP contribution in [0.2, 0.25) is 0 Å². The predicted molar refractivity (Wildman–Crippen MR) is 66.6 cm³/mol. The summed E-state index contributed by atoms with van der Waals surface area (Å²) in [7, 11) is 2.16. The van der Waals surface area contributed by atoms with Crippen molar-refractivity contribution in [3.63, 3.8) is 0 Å². The molecular weight excluding hydrogens is 200 g/mol. The second-order valence-corrected chi connectivity index (χ2v) is 4.47. The van der Waals surface area contributed by atoms with Gasteiger partial charge >= 0.3 is 0 Å². The van der Waals surface area contributed by atoms with Gasteiger partial charge in [-0.3, -0.25) is 0 Å². The first-order valence-corrected chi connectivity index (χ1v) is 5.80. The van der Waals surface area contributed by atoms with E-state index in [-0.39, 0.29) is 0 Å². The van der Waals surface area contributed by atoms with Crippen LogP contribution in [0.5, 0.6) is 0 Å². The summed E-state index contributed by atoms with van der Waals surface area (Å²) in [6.45, 7) is 6.93. The van der Waals surface area contributed by atoms with Gasteiger partial charge in [0.15, 0.2) is 0 Å². The zero-order valence-electron chi connectivity index (χ0n) is 10.1. The molecule has 1 aromatic rings. The zero-order chi connectivity index (χ0) is 11.5. The molecule has 16 heavy (non-hydrogen) atoms. The lowest BCUT2D eigenvalue weighted by atomic mass is 10.2. The number of nitrogens with zero attached hydrogens (tertiary/aromatic N) is 3. The van der Waals surface area contributed by atoms with E-state index in [0.29, 0.717) is 6.54 Å². The van der Waals surface area contributed by atoms with Crippen LogP contribution < -0.4 is 10.6 Å². The fraction of sp³-hybridized carbons (Fsp3) is 0.583. The van der Waals surface area contributed by atoms with Crippen LogP contribution in [0.3, 0.4) is 0 Å². The minimum Gasteiger partial charge on any atom is -0.354 e. The minimum atomic E-state index is 0.587. The van der Waals surface area contributed by atoms with E-state index in [4.69, 9.17) is 5.73 Å². The van der Waals surface area contributed by atoms with Crippen molar-refractivity contribution in [2.24, 2.45) is 5.73 Å². The van der Waals surface area contributed by atoms with Gasteiger partial charge in [-0.25, -0.2) is 4.98 Å². The molecule has 1 aliphatic heterocycles. The SMILES string of the molecule is Cc1cc(CN)cc(N2CCN(C)CC2)n1. The highest BCUT2D eigenvalue weighted by Crippen LogP contribution is 2.16. The number of nitrogens with two attached hydrogens (primary N) is 1. The van der Waals surface area contributed by atoms with Crippen molar-refractivity contribution in [1.29, 1.82) is 0 Å². The largest absolute Gasteiger partial charge is 0.354 e. The van der Waals surface area contributed by atoms with Crippen molar-refractivity contribution in [2.45, 2.75) is 13.5 Å². The quantitative estimate of drug-likeness (QED) is 0.793. The van der Waals surface area contributed by atoms with Gasteiger partial charge in [0.25, 0.3) is 0 Å². The lowest BCUT2D eigenvalue weighted by Crippen LogP contribution is -2.44. The lowest BCUT2D eigenvalue weighted by Gasteiger charge is -2.33. The number of likely N-dealkylation sites (N-methyl/N-ethyl adjacent to an activating group) is 1. The van der Waals surface area contributed by atoms with Crippen molar-refractivity contribution in [3.05, 3.63) is 23.4 Å². The number of pyridine rings is 1. The van der Waals surface area contributed by atoms with Gasteiger partial charge in [-0.15, -0.1) is 0 Å². The molecule has 0 radical (unpaired) electrons. The molecule has 88 valence electrons. The van der Waals surface area contributed by atoms with E-state index in [0.717, 1.165) is 37.7 Å². The lowest BCUT2D eigenvalue weighted by molar-refractivity contribution is 0.312. The van der Waals surface area contributed by atoms with Gasteiger partial charge in [0.2, 0.25) is 0 Å². The Bertz CT molecular complexity index is 356. The number of anilines is 1. The van der Waals surface area contributed by atoms with Crippen molar-refractivity contribution >= 4 is 5.82 Å². The van der Waals surface area contributed by atoms with Crippen LogP contribution in [0, 0.1) is 6.92 Å². The third-order valence-electron chi connectivity index (χ3n) is 3.06. The molecule has 0 bridgehead atoms. The van der Waals surface area contributed by atoms with E-state index in [1.807, 2.05) is 6.92 Å². The predicted octanol–water partition coefficient (Wildman–Crippen LogP) is 0.601. The number of aryl methyl sites for hydroxylation is 1. The Kier molecular flexibility index (Phi) is 3.41. The number of hydrogen-bond acceptors (Lipinski definition) is 4. The summed E-state index contributed by atoms with van der Waals surface area (Å²) in [5.74, 6) is 1.08. The average molecular weight is 220 g/mol. The summed E-state index contributed by atoms with van der Waals surface area (Å²) < 4.78 is 0. The molecule has 2 N–H and O–H groups in total. The summed E-state index contributed by atoms with van der Waals surface area (Å²) in [4.78, 5) is 9.27. The maximum Gasteiger partial charge on any atom is 0.129 e. The molecule has 1 saturated heterocycles. The van der Waals surface area contributed by atoms with Crippen LogP contribution in [0.15, 0.2) is 12.1 Å². The summed E-state index contributed by atoms with van der Waals surface area (Å²) in [5, 5.41) is 0. The molecule has 0 aliphatic carbocycles. The highest BCUT2D eigenvalue weighted by molar-refractivity contribution is 5.43. The van der Waals surface area contributed by atoms with Crippen LogP contribution in [0.1, 0.15) is 11.3 Å².